The number of aryl methyl sites for hydroxylation is 2. The molecule has 0 saturated carbocycles. The number of thiazole rings is 1. The van der Waals surface area contributed by atoms with Crippen LogP contribution in [0.2, 0.25) is 0 Å². The molecule has 176 valence electrons. The van der Waals surface area contributed by atoms with Gasteiger partial charge < -0.3 is 18.8 Å². The first-order valence-electron chi connectivity index (χ1n) is 11.2. The summed E-state index contributed by atoms with van der Waals surface area (Å²) in [5.41, 5.74) is 4.50. The summed E-state index contributed by atoms with van der Waals surface area (Å²) in [6.45, 7) is 9.34. The standard InChI is InChI=1S/C25H26N4O3S2/c1-5-29-23(17(4)32-20-8-6-15(2)16(3)10-20)27-28-25(29)34-13-19-12-33-24(26-19)18-7-9-21-22(11-18)31-14-30-21/h6-12,17H,5,13-14H2,1-4H3. The minimum atomic E-state index is -0.208. The molecule has 0 spiro atoms. The average molecular weight is 495 g/mol. The lowest BCUT2D eigenvalue weighted by atomic mass is 10.1. The van der Waals surface area contributed by atoms with Gasteiger partial charge in [0.05, 0.1) is 5.69 Å². The van der Waals surface area contributed by atoms with Gasteiger partial charge >= 0.3 is 0 Å². The third kappa shape index (κ3) is 4.63. The molecule has 3 heterocycles. The van der Waals surface area contributed by atoms with Crippen LogP contribution in [-0.2, 0) is 12.3 Å². The van der Waals surface area contributed by atoms with E-state index in [1.807, 2.05) is 31.2 Å². The number of hydrogen-bond acceptors (Lipinski definition) is 8. The maximum absolute atomic E-state index is 6.18. The van der Waals surface area contributed by atoms with Crippen LogP contribution in [0, 0.1) is 13.8 Å². The largest absolute Gasteiger partial charge is 0.483 e. The average Bonchev–Trinajstić information content (AvgIpc) is 3.58. The molecule has 1 aliphatic heterocycles. The molecule has 0 bridgehead atoms. The summed E-state index contributed by atoms with van der Waals surface area (Å²) in [5.74, 6) is 3.92. The molecule has 0 saturated heterocycles. The Morgan fingerprint density at radius 2 is 1.94 bits per heavy atom. The van der Waals surface area contributed by atoms with Crippen LogP contribution in [0.1, 0.15) is 42.6 Å². The second-order valence-electron chi connectivity index (χ2n) is 8.09. The van der Waals surface area contributed by atoms with E-state index in [2.05, 4.69) is 53.0 Å². The normalized spacial score (nSPS) is 13.3. The van der Waals surface area contributed by atoms with Gasteiger partial charge in [-0.3, -0.25) is 0 Å². The van der Waals surface area contributed by atoms with Gasteiger partial charge in [-0.05, 0) is 69.2 Å². The Hall–Kier alpha value is -3.04. The van der Waals surface area contributed by atoms with Gasteiger partial charge in [0.2, 0.25) is 6.79 Å². The lowest BCUT2D eigenvalue weighted by molar-refractivity contribution is 0.174. The van der Waals surface area contributed by atoms with Crippen molar-refractivity contribution in [3.05, 3.63) is 64.4 Å². The van der Waals surface area contributed by atoms with Gasteiger partial charge in [-0.15, -0.1) is 21.5 Å². The quantitative estimate of drug-likeness (QED) is 0.270. The van der Waals surface area contributed by atoms with Crippen molar-refractivity contribution in [2.24, 2.45) is 0 Å². The first-order valence-corrected chi connectivity index (χ1v) is 13.0. The molecule has 1 unspecified atom stereocenters. The topological polar surface area (TPSA) is 71.3 Å². The zero-order valence-corrected chi connectivity index (χ0v) is 21.2. The molecule has 0 aliphatic carbocycles. The van der Waals surface area contributed by atoms with Crippen molar-refractivity contribution in [3.8, 4) is 27.8 Å². The first-order chi connectivity index (χ1) is 16.5. The third-order valence-electron chi connectivity index (χ3n) is 5.74. The van der Waals surface area contributed by atoms with Crippen LogP contribution in [-0.4, -0.2) is 26.5 Å². The Morgan fingerprint density at radius 1 is 1.09 bits per heavy atom. The Labute approximate surface area is 207 Å². The van der Waals surface area contributed by atoms with Crippen molar-refractivity contribution >= 4 is 23.1 Å². The minimum absolute atomic E-state index is 0.208. The number of thioether (sulfide) groups is 1. The third-order valence-corrected chi connectivity index (χ3v) is 7.68. The van der Waals surface area contributed by atoms with Crippen molar-refractivity contribution < 1.29 is 14.2 Å². The molecule has 0 radical (unpaired) electrons. The van der Waals surface area contributed by atoms with Crippen molar-refractivity contribution in [3.63, 3.8) is 0 Å². The number of ether oxygens (including phenoxy) is 3. The van der Waals surface area contributed by atoms with E-state index in [1.54, 1.807) is 23.1 Å². The number of benzene rings is 2. The van der Waals surface area contributed by atoms with Crippen molar-refractivity contribution in [1.82, 2.24) is 19.7 Å². The van der Waals surface area contributed by atoms with E-state index in [1.165, 1.54) is 11.1 Å². The predicted octanol–water partition coefficient (Wildman–Crippen LogP) is 6.20. The van der Waals surface area contributed by atoms with Crippen LogP contribution in [0.3, 0.4) is 0 Å². The highest BCUT2D eigenvalue weighted by Crippen LogP contribution is 2.37. The molecule has 2 aromatic carbocycles. The second kappa shape index (κ2) is 9.68. The van der Waals surface area contributed by atoms with Crippen LogP contribution >= 0.6 is 23.1 Å². The summed E-state index contributed by atoms with van der Waals surface area (Å²) in [4.78, 5) is 4.81. The highest BCUT2D eigenvalue weighted by atomic mass is 32.2. The molecule has 1 aliphatic rings. The van der Waals surface area contributed by atoms with Crippen molar-refractivity contribution in [2.45, 2.75) is 51.3 Å². The molecule has 2 aromatic heterocycles. The smallest absolute Gasteiger partial charge is 0.231 e. The van der Waals surface area contributed by atoms with Gasteiger partial charge in [-0.2, -0.15) is 0 Å². The molecular formula is C25H26N4O3S2. The fourth-order valence-electron chi connectivity index (χ4n) is 3.72. The Balaban J connectivity index is 1.26. The van der Waals surface area contributed by atoms with Crippen LogP contribution in [0.5, 0.6) is 17.2 Å². The summed E-state index contributed by atoms with van der Waals surface area (Å²) >= 11 is 3.26. The lowest BCUT2D eigenvalue weighted by Gasteiger charge is -2.16. The van der Waals surface area contributed by atoms with Gasteiger partial charge in [0, 0.05) is 23.2 Å². The van der Waals surface area contributed by atoms with Gasteiger partial charge in [-0.25, -0.2) is 4.98 Å². The Bertz CT molecular complexity index is 1320. The highest BCUT2D eigenvalue weighted by molar-refractivity contribution is 7.98. The zero-order chi connectivity index (χ0) is 23.7. The predicted molar refractivity (Wildman–Crippen MR) is 134 cm³/mol. The fraction of sp³-hybridized carbons (Fsp3) is 0.320. The monoisotopic (exact) mass is 494 g/mol. The zero-order valence-electron chi connectivity index (χ0n) is 19.6. The summed E-state index contributed by atoms with van der Waals surface area (Å²) in [6, 6.07) is 12.1. The summed E-state index contributed by atoms with van der Waals surface area (Å²) < 4.78 is 19.2. The highest BCUT2D eigenvalue weighted by Gasteiger charge is 2.20. The minimum Gasteiger partial charge on any atom is -0.483 e. The maximum atomic E-state index is 6.18. The van der Waals surface area contributed by atoms with Crippen molar-refractivity contribution in [2.75, 3.05) is 6.79 Å². The van der Waals surface area contributed by atoms with Crippen LogP contribution in [0.4, 0.5) is 0 Å². The van der Waals surface area contributed by atoms with Gasteiger partial charge in [0.25, 0.3) is 0 Å². The number of rotatable bonds is 8. The molecular weight excluding hydrogens is 468 g/mol. The molecule has 0 amide bonds. The van der Waals surface area contributed by atoms with Crippen LogP contribution in [0.15, 0.2) is 46.9 Å². The lowest BCUT2D eigenvalue weighted by Crippen LogP contribution is -2.12. The SMILES string of the molecule is CCn1c(SCc2csc(-c3ccc4c(c3)OCO4)n2)nnc1C(C)Oc1ccc(C)c(C)c1. The fourth-order valence-corrected chi connectivity index (χ4v) is 5.55. The van der Waals surface area contributed by atoms with Gasteiger partial charge in [0.1, 0.15) is 10.8 Å². The number of aromatic nitrogens is 4. The van der Waals surface area contributed by atoms with E-state index in [9.17, 15) is 0 Å². The molecule has 0 N–H and O–H groups in total. The Morgan fingerprint density at radius 3 is 2.76 bits per heavy atom. The van der Waals surface area contributed by atoms with E-state index in [0.29, 0.717) is 5.75 Å². The molecule has 7 nitrogen and oxygen atoms in total. The molecule has 5 rings (SSSR count). The van der Waals surface area contributed by atoms with Gasteiger partial charge in [-0.1, -0.05) is 17.8 Å². The second-order valence-corrected chi connectivity index (χ2v) is 9.89. The van der Waals surface area contributed by atoms with Gasteiger partial charge in [0.15, 0.2) is 28.6 Å². The van der Waals surface area contributed by atoms with E-state index in [-0.39, 0.29) is 12.9 Å². The van der Waals surface area contributed by atoms with Crippen LogP contribution < -0.4 is 14.2 Å². The molecule has 34 heavy (non-hydrogen) atoms. The Kier molecular flexibility index (Phi) is 6.47. The maximum Gasteiger partial charge on any atom is 0.231 e. The molecule has 1 atom stereocenters. The number of hydrogen-bond donors (Lipinski definition) is 0. The molecule has 4 aromatic rings. The number of nitrogens with zero attached hydrogens (tertiary/aromatic N) is 4. The van der Waals surface area contributed by atoms with Crippen molar-refractivity contribution in [1.29, 1.82) is 0 Å². The first kappa shape index (κ1) is 22.7. The van der Waals surface area contributed by atoms with E-state index in [4.69, 9.17) is 19.2 Å². The summed E-state index contributed by atoms with van der Waals surface area (Å²) in [7, 11) is 0. The van der Waals surface area contributed by atoms with Crippen LogP contribution in [0.25, 0.3) is 10.6 Å². The van der Waals surface area contributed by atoms with E-state index in [0.717, 1.165) is 51.0 Å². The summed E-state index contributed by atoms with van der Waals surface area (Å²) in [6.07, 6.45) is -0.208. The summed E-state index contributed by atoms with van der Waals surface area (Å²) in [5, 5.41) is 12.8. The van der Waals surface area contributed by atoms with E-state index < -0.39 is 0 Å². The van der Waals surface area contributed by atoms with E-state index >= 15 is 0 Å². The molecule has 9 heteroatoms. The number of fused-ring (bicyclic) bond motifs is 1. The molecule has 0 fully saturated rings.